The second-order valence-electron chi connectivity index (χ2n) is 18.7. The highest BCUT2D eigenvalue weighted by Crippen LogP contribution is 2.58. The van der Waals surface area contributed by atoms with Crippen molar-refractivity contribution in [1.29, 1.82) is 0 Å². The van der Waals surface area contributed by atoms with Gasteiger partial charge in [0.15, 0.2) is 0 Å². The van der Waals surface area contributed by atoms with E-state index in [1.54, 1.807) is 0 Å². The minimum Gasteiger partial charge on any atom is -0.374 e. The van der Waals surface area contributed by atoms with Crippen LogP contribution in [-0.4, -0.2) is 0 Å². The van der Waals surface area contributed by atoms with Crippen molar-refractivity contribution < 1.29 is 0 Å². The van der Waals surface area contributed by atoms with Crippen molar-refractivity contribution in [3.05, 3.63) is 228 Å². The molecule has 298 valence electrons. The highest BCUT2D eigenvalue weighted by molar-refractivity contribution is 6.01. The molecule has 13 rings (SSSR count). The lowest BCUT2D eigenvalue weighted by Crippen LogP contribution is -2.21. The number of nitrogens with zero attached hydrogens (tertiary/aromatic N) is 1. The van der Waals surface area contributed by atoms with Crippen LogP contribution in [0.1, 0.15) is 67.1 Å². The number of anilines is 4. The molecule has 1 heterocycles. The summed E-state index contributed by atoms with van der Waals surface area (Å²) in [7, 11) is 0. The molecule has 4 aliphatic rings. The molecule has 3 aliphatic carbocycles. The molecule has 0 saturated carbocycles. The highest BCUT2D eigenvalue weighted by atomic mass is 15.1. The lowest BCUT2D eigenvalue weighted by atomic mass is 9.80. The average Bonchev–Trinajstić information content (AvgIpc) is 3.86. The lowest BCUT2D eigenvalue weighted by Gasteiger charge is -2.32. The van der Waals surface area contributed by atoms with Crippen LogP contribution in [0.15, 0.2) is 182 Å². The summed E-state index contributed by atoms with van der Waals surface area (Å²) in [5.74, 6) is 0. The Balaban J connectivity index is 0.935. The zero-order valence-electron chi connectivity index (χ0n) is 35.8. The summed E-state index contributed by atoms with van der Waals surface area (Å²) < 4.78 is 0. The first kappa shape index (κ1) is 36.1. The molecule has 1 atom stereocenters. The van der Waals surface area contributed by atoms with E-state index in [2.05, 4.69) is 232 Å². The molecule has 0 aromatic heterocycles. The Kier molecular flexibility index (Phi) is 7.42. The molecule has 0 saturated heterocycles. The van der Waals surface area contributed by atoms with Crippen LogP contribution in [0.2, 0.25) is 0 Å². The number of nitrogens with one attached hydrogen (secondary N) is 1. The molecule has 2 nitrogen and oxygen atoms in total. The first-order chi connectivity index (χ1) is 30.8. The molecule has 63 heavy (non-hydrogen) atoms. The molecule has 9 aromatic carbocycles. The normalized spacial score (nSPS) is 15.7. The number of hydrogen-bond donors (Lipinski definition) is 1. The average molecular weight is 805 g/mol. The number of hydrogen-bond acceptors (Lipinski definition) is 2. The van der Waals surface area contributed by atoms with E-state index in [0.717, 1.165) is 16.9 Å². The summed E-state index contributed by atoms with van der Waals surface area (Å²) in [6.45, 7) is 9.50. The van der Waals surface area contributed by atoms with E-state index in [-0.39, 0.29) is 16.9 Å². The van der Waals surface area contributed by atoms with Crippen LogP contribution >= 0.6 is 0 Å². The van der Waals surface area contributed by atoms with Gasteiger partial charge >= 0.3 is 0 Å². The standard InChI is InChI=1S/C61H44N2/c1-60(2)52-35-39(42-20-13-25-54-56(42)50-23-12-21-47-43-17-8-9-19-49(43)59(62-54)57(47)50)29-33-45(52)46-34-32-41(36-53(46)60)63(40-30-27-38(28-31-40)37-15-6-5-7-16-37)55-26-14-22-48-44-18-10-11-24-51(44)61(3,4)58(48)55/h5-31,33,35-36,59,62H,1-4H3/t59-/m1/s1. The van der Waals surface area contributed by atoms with Crippen LogP contribution < -0.4 is 10.2 Å². The molecule has 0 unspecified atom stereocenters. The molecule has 0 amide bonds. The van der Waals surface area contributed by atoms with Crippen LogP contribution in [-0.2, 0) is 10.8 Å². The van der Waals surface area contributed by atoms with Crippen molar-refractivity contribution in [2.24, 2.45) is 0 Å². The van der Waals surface area contributed by atoms with Gasteiger partial charge in [-0.15, -0.1) is 0 Å². The van der Waals surface area contributed by atoms with E-state index >= 15 is 0 Å². The van der Waals surface area contributed by atoms with Gasteiger partial charge in [-0.1, -0.05) is 179 Å². The van der Waals surface area contributed by atoms with E-state index in [0.29, 0.717) is 0 Å². The van der Waals surface area contributed by atoms with E-state index in [9.17, 15) is 0 Å². The first-order valence-electron chi connectivity index (χ1n) is 22.2. The number of benzene rings is 8. The Bertz CT molecular complexity index is 3370. The second kappa shape index (κ2) is 13.0. The van der Waals surface area contributed by atoms with Crippen molar-refractivity contribution in [2.75, 3.05) is 10.2 Å². The fourth-order valence-electron chi connectivity index (χ4n) is 11.7. The molecular formula is C61H44N2. The minimum absolute atomic E-state index is 0.157. The summed E-state index contributed by atoms with van der Waals surface area (Å²) in [5, 5.41) is 3.97. The maximum absolute atomic E-state index is 3.97. The zero-order chi connectivity index (χ0) is 42.2. The Morgan fingerprint density at radius 1 is 0.460 bits per heavy atom. The Hall–Kier alpha value is -7.60. The van der Waals surface area contributed by atoms with Gasteiger partial charge in [0.1, 0.15) is 0 Å². The molecule has 1 aliphatic heterocycles. The third-order valence-electron chi connectivity index (χ3n) is 14.7. The molecule has 0 radical (unpaired) electrons. The molecule has 2 heteroatoms. The van der Waals surface area contributed by atoms with Crippen molar-refractivity contribution >= 4 is 22.7 Å². The van der Waals surface area contributed by atoms with E-state index in [1.165, 1.54) is 106 Å². The van der Waals surface area contributed by atoms with Crippen LogP contribution in [0.4, 0.5) is 22.7 Å². The maximum atomic E-state index is 3.97. The fourth-order valence-corrected chi connectivity index (χ4v) is 11.7. The minimum atomic E-state index is -0.286. The molecule has 1 N–H and O–H groups in total. The van der Waals surface area contributed by atoms with Crippen molar-refractivity contribution in [3.63, 3.8) is 0 Å². The van der Waals surface area contributed by atoms with Crippen molar-refractivity contribution in [2.45, 2.75) is 44.6 Å². The summed E-state index contributed by atoms with van der Waals surface area (Å²) in [5.41, 5.74) is 27.1. The SMILES string of the molecule is CC1(C)c2cc(N(c3ccc(-c4ccccc4)cc3)c3cccc4c3C(C)(C)c3ccccc3-4)c#cc2-c2ccc(-c3cccc4c3-c3cccc5c3[C@H](N4)c3ccccc3-5)cc21. The number of fused-ring (bicyclic) bond motifs is 11. The van der Waals surface area contributed by atoms with Crippen LogP contribution in [0, 0.1) is 12.1 Å². The molecular weight excluding hydrogens is 761 g/mol. The quantitative estimate of drug-likeness (QED) is 0.186. The summed E-state index contributed by atoms with van der Waals surface area (Å²) in [4.78, 5) is 2.43. The summed E-state index contributed by atoms with van der Waals surface area (Å²) >= 11 is 0. The predicted molar refractivity (Wildman–Crippen MR) is 261 cm³/mol. The first-order valence-corrected chi connectivity index (χ1v) is 22.2. The summed E-state index contributed by atoms with van der Waals surface area (Å²) in [6, 6.07) is 75.0. The predicted octanol–water partition coefficient (Wildman–Crippen LogP) is 15.9. The topological polar surface area (TPSA) is 15.3 Å². The highest BCUT2D eigenvalue weighted by Gasteiger charge is 2.41. The fraction of sp³-hybridized carbons (Fsp3) is 0.115. The van der Waals surface area contributed by atoms with Gasteiger partial charge in [-0.05, 0) is 131 Å². The van der Waals surface area contributed by atoms with Crippen LogP contribution in [0.5, 0.6) is 0 Å². The summed E-state index contributed by atoms with van der Waals surface area (Å²) in [6.07, 6.45) is 0. The largest absolute Gasteiger partial charge is 0.374 e. The zero-order valence-corrected chi connectivity index (χ0v) is 35.8. The van der Waals surface area contributed by atoms with Gasteiger partial charge in [0.2, 0.25) is 0 Å². The van der Waals surface area contributed by atoms with Gasteiger partial charge in [0.25, 0.3) is 0 Å². The van der Waals surface area contributed by atoms with Gasteiger partial charge in [0, 0.05) is 33.3 Å². The van der Waals surface area contributed by atoms with Crippen molar-refractivity contribution in [3.8, 4) is 66.8 Å². The smallest absolute Gasteiger partial charge is 0.0977 e. The Labute approximate surface area is 370 Å². The van der Waals surface area contributed by atoms with E-state index < -0.39 is 0 Å². The Morgan fingerprint density at radius 3 is 1.98 bits per heavy atom. The maximum Gasteiger partial charge on any atom is 0.0977 e. The Morgan fingerprint density at radius 2 is 1.13 bits per heavy atom. The van der Waals surface area contributed by atoms with Gasteiger partial charge in [-0.2, -0.15) is 0 Å². The van der Waals surface area contributed by atoms with Gasteiger partial charge in [-0.3, -0.25) is 0 Å². The number of rotatable bonds is 5. The van der Waals surface area contributed by atoms with Crippen LogP contribution in [0.3, 0.4) is 0 Å². The van der Waals surface area contributed by atoms with Crippen LogP contribution in [0.25, 0.3) is 66.8 Å². The van der Waals surface area contributed by atoms with Crippen molar-refractivity contribution in [1.82, 2.24) is 0 Å². The third-order valence-corrected chi connectivity index (χ3v) is 14.7. The molecule has 0 spiro atoms. The van der Waals surface area contributed by atoms with Gasteiger partial charge in [0.05, 0.1) is 17.4 Å². The molecule has 0 bridgehead atoms. The van der Waals surface area contributed by atoms with Gasteiger partial charge in [-0.25, -0.2) is 0 Å². The monoisotopic (exact) mass is 804 g/mol. The third kappa shape index (κ3) is 5.03. The molecule has 0 fully saturated rings. The van der Waals surface area contributed by atoms with E-state index in [4.69, 9.17) is 0 Å². The van der Waals surface area contributed by atoms with Gasteiger partial charge < -0.3 is 10.2 Å². The van der Waals surface area contributed by atoms with E-state index in [1.807, 2.05) is 0 Å². The second-order valence-corrected chi connectivity index (χ2v) is 18.7. The lowest BCUT2D eigenvalue weighted by molar-refractivity contribution is 0.659. The molecule has 9 aromatic rings.